The van der Waals surface area contributed by atoms with Crippen LogP contribution in [0.2, 0.25) is 0 Å². The van der Waals surface area contributed by atoms with Gasteiger partial charge in [-0.05, 0) is 171 Å². The Labute approximate surface area is 453 Å². The molecule has 8 heteroatoms. The SMILES string of the molecule is c1ccc(N(c2ccccc2)c2cc3c4c(c2)N(c2ccccc2)c2cc5c(cc2B4n2ccc4cccc-3c42)B2c3c(cc(N(c4ccccc4)c4ccccc4)cc3N5c3ccccc3)-c3cccc4ccn2c34)cc1. The van der Waals surface area contributed by atoms with E-state index in [4.69, 9.17) is 0 Å². The van der Waals surface area contributed by atoms with Crippen LogP contribution in [0, 0.1) is 0 Å². The smallest absolute Gasteiger partial charge is 0.332 e. The third kappa shape index (κ3) is 6.17. The molecular formula is C70H46B2N6. The number of nitrogens with zero attached hydrogens (tertiary/aromatic N) is 6. The molecule has 0 radical (unpaired) electrons. The van der Waals surface area contributed by atoms with Crippen LogP contribution in [0.3, 0.4) is 0 Å². The first-order valence-corrected chi connectivity index (χ1v) is 27.0. The van der Waals surface area contributed by atoms with Crippen LogP contribution in [0.15, 0.2) is 279 Å². The molecule has 0 saturated carbocycles. The lowest BCUT2D eigenvalue weighted by Crippen LogP contribution is -2.61. The van der Waals surface area contributed by atoms with Crippen LogP contribution in [0.1, 0.15) is 0 Å². The van der Waals surface area contributed by atoms with Crippen molar-refractivity contribution < 1.29 is 0 Å². The van der Waals surface area contributed by atoms with Gasteiger partial charge in [-0.25, -0.2) is 0 Å². The van der Waals surface area contributed by atoms with Gasteiger partial charge in [0, 0.05) is 90.4 Å². The maximum atomic E-state index is 2.60. The van der Waals surface area contributed by atoms with Crippen LogP contribution in [0.4, 0.5) is 68.2 Å². The van der Waals surface area contributed by atoms with E-state index in [2.05, 4.69) is 308 Å². The molecule has 17 rings (SSSR count). The number of para-hydroxylation sites is 8. The summed E-state index contributed by atoms with van der Waals surface area (Å²) in [6.45, 7) is -0.254. The number of fused-ring (bicyclic) bond motifs is 8. The molecule has 78 heavy (non-hydrogen) atoms. The molecular weight excluding hydrogens is 946 g/mol. The fourth-order valence-corrected chi connectivity index (χ4v) is 13.7. The Hall–Kier alpha value is -10.2. The van der Waals surface area contributed by atoms with Crippen molar-refractivity contribution in [2.75, 3.05) is 19.6 Å². The summed E-state index contributed by atoms with van der Waals surface area (Å²) in [6.07, 6.45) is 4.67. The van der Waals surface area contributed by atoms with Crippen molar-refractivity contribution in [3.05, 3.63) is 279 Å². The van der Waals surface area contributed by atoms with Crippen LogP contribution >= 0.6 is 0 Å². The zero-order valence-electron chi connectivity index (χ0n) is 42.4. The minimum absolute atomic E-state index is 0.127. The lowest BCUT2D eigenvalue weighted by Gasteiger charge is -2.45. The second-order valence-electron chi connectivity index (χ2n) is 20.9. The van der Waals surface area contributed by atoms with Crippen LogP contribution in [0.5, 0.6) is 0 Å². The number of aromatic nitrogens is 2. The molecule has 0 spiro atoms. The molecule has 0 N–H and O–H groups in total. The molecule has 2 aromatic heterocycles. The van der Waals surface area contributed by atoms with Gasteiger partial charge in [-0.1, -0.05) is 152 Å². The van der Waals surface area contributed by atoms with Gasteiger partial charge >= 0.3 is 13.7 Å². The van der Waals surface area contributed by atoms with Crippen LogP contribution < -0.4 is 41.5 Å². The van der Waals surface area contributed by atoms with Gasteiger partial charge in [-0.2, -0.15) is 0 Å². The van der Waals surface area contributed by atoms with Crippen LogP contribution in [0.25, 0.3) is 44.1 Å². The molecule has 11 aromatic carbocycles. The molecule has 0 fully saturated rings. The minimum atomic E-state index is -0.127. The maximum Gasteiger partial charge on any atom is 0.332 e. The Morgan fingerprint density at radius 2 is 0.628 bits per heavy atom. The van der Waals surface area contributed by atoms with Crippen molar-refractivity contribution in [3.8, 4) is 22.3 Å². The van der Waals surface area contributed by atoms with Crippen molar-refractivity contribution in [1.82, 2.24) is 8.96 Å². The largest absolute Gasteiger partial charge is 0.382 e. The van der Waals surface area contributed by atoms with E-state index in [1.54, 1.807) is 0 Å². The zero-order valence-corrected chi connectivity index (χ0v) is 42.4. The summed E-state index contributed by atoms with van der Waals surface area (Å²) in [4.78, 5) is 9.96. The first-order chi connectivity index (χ1) is 38.7. The third-order valence-corrected chi connectivity index (χ3v) is 16.8. The highest BCUT2D eigenvalue weighted by atomic mass is 15.2. The standard InChI is InChI=1S/C70H46B2N6/c1-7-23-49(24-8-1)75(50-25-9-2-10-26-50)55-41-59-57-35-19-21-47-37-39-73(69(47)57)71-61-45-62-64(46-63(61)77(65(43-55)67(59)71)53-31-15-5-16-32-53)78(54-33-17-6-18-34-54)66-44-56(76(51-27-11-3-12-28-51)52-29-13-4-14-30-52)42-60-58-36-20-22-48-38-40-74(70(48)58)72(62)68(60)66/h1-46H. The average molecular weight is 993 g/mol. The second-order valence-corrected chi connectivity index (χ2v) is 20.9. The second kappa shape index (κ2) is 16.7. The molecule has 0 atom stereocenters. The van der Waals surface area contributed by atoms with E-state index in [1.807, 2.05) is 0 Å². The summed E-state index contributed by atoms with van der Waals surface area (Å²) in [5.41, 5.74) is 26.0. The average Bonchev–Trinajstić information content (AvgIpc) is 4.22. The van der Waals surface area contributed by atoms with Gasteiger partial charge in [-0.15, -0.1) is 0 Å². The van der Waals surface area contributed by atoms with E-state index in [0.717, 1.165) is 68.2 Å². The van der Waals surface area contributed by atoms with Crippen LogP contribution in [-0.4, -0.2) is 22.7 Å². The van der Waals surface area contributed by atoms with Gasteiger partial charge in [0.1, 0.15) is 0 Å². The van der Waals surface area contributed by atoms with Crippen LogP contribution in [-0.2, 0) is 0 Å². The molecule has 0 unspecified atom stereocenters. The highest BCUT2D eigenvalue weighted by Crippen LogP contribution is 2.51. The number of hydrogen-bond acceptors (Lipinski definition) is 4. The first kappa shape index (κ1) is 43.1. The van der Waals surface area contributed by atoms with E-state index < -0.39 is 0 Å². The van der Waals surface area contributed by atoms with Gasteiger partial charge in [0.05, 0.1) is 0 Å². The van der Waals surface area contributed by atoms with E-state index >= 15 is 0 Å². The summed E-state index contributed by atoms with van der Waals surface area (Å²) in [6, 6.07) is 98.6. The molecule has 0 saturated heterocycles. The lowest BCUT2D eigenvalue weighted by atomic mass is 9.41. The Bertz CT molecular complexity index is 4160. The molecule has 6 heterocycles. The summed E-state index contributed by atoms with van der Waals surface area (Å²) in [5.74, 6) is 0. The quantitative estimate of drug-likeness (QED) is 0.142. The van der Waals surface area contributed by atoms with E-state index in [1.165, 1.54) is 65.9 Å². The van der Waals surface area contributed by atoms with Crippen molar-refractivity contribution in [2.24, 2.45) is 0 Å². The number of hydrogen-bond donors (Lipinski definition) is 0. The Balaban J connectivity index is 0.989. The number of benzene rings is 11. The molecule has 0 aliphatic carbocycles. The summed E-state index contributed by atoms with van der Waals surface area (Å²) >= 11 is 0. The van der Waals surface area contributed by atoms with E-state index in [0.29, 0.717) is 0 Å². The highest BCUT2D eigenvalue weighted by Gasteiger charge is 2.47. The fraction of sp³-hybridized carbons (Fsp3) is 0. The first-order valence-electron chi connectivity index (χ1n) is 27.0. The molecule has 6 nitrogen and oxygen atoms in total. The van der Waals surface area contributed by atoms with Crippen molar-refractivity contribution in [2.45, 2.75) is 0 Å². The van der Waals surface area contributed by atoms with Gasteiger partial charge in [0.15, 0.2) is 0 Å². The minimum Gasteiger partial charge on any atom is -0.382 e. The topological polar surface area (TPSA) is 22.8 Å². The molecule has 0 amide bonds. The summed E-state index contributed by atoms with van der Waals surface area (Å²) in [5, 5.41) is 2.47. The van der Waals surface area contributed by atoms with Gasteiger partial charge in [-0.3, -0.25) is 0 Å². The molecule has 0 bridgehead atoms. The lowest BCUT2D eigenvalue weighted by molar-refractivity contribution is 1.20. The summed E-state index contributed by atoms with van der Waals surface area (Å²) < 4.78 is 5.15. The number of rotatable bonds is 8. The normalized spacial score (nSPS) is 13.0. The van der Waals surface area contributed by atoms with Crippen molar-refractivity contribution in [3.63, 3.8) is 0 Å². The molecule has 4 aliphatic rings. The zero-order chi connectivity index (χ0) is 51.0. The fourth-order valence-electron chi connectivity index (χ4n) is 13.7. The monoisotopic (exact) mass is 992 g/mol. The van der Waals surface area contributed by atoms with Gasteiger partial charge in [0.25, 0.3) is 0 Å². The molecule has 362 valence electrons. The van der Waals surface area contributed by atoms with E-state index in [-0.39, 0.29) is 13.7 Å². The van der Waals surface area contributed by atoms with E-state index in [9.17, 15) is 0 Å². The highest BCUT2D eigenvalue weighted by molar-refractivity contribution is 6.92. The summed E-state index contributed by atoms with van der Waals surface area (Å²) in [7, 11) is 0. The molecule has 13 aromatic rings. The maximum absolute atomic E-state index is 2.60. The Kier molecular flexibility index (Phi) is 9.21. The third-order valence-electron chi connectivity index (χ3n) is 16.8. The van der Waals surface area contributed by atoms with Gasteiger partial charge in [0.2, 0.25) is 0 Å². The van der Waals surface area contributed by atoms with Crippen molar-refractivity contribution >= 4 is 126 Å². The molecule has 4 aliphatic heterocycles. The Morgan fingerprint density at radius 1 is 0.269 bits per heavy atom. The number of anilines is 12. The van der Waals surface area contributed by atoms with Gasteiger partial charge < -0.3 is 28.6 Å². The predicted molar refractivity (Wildman–Crippen MR) is 328 cm³/mol. The Morgan fingerprint density at radius 3 is 1.00 bits per heavy atom. The van der Waals surface area contributed by atoms with Crippen molar-refractivity contribution in [1.29, 1.82) is 0 Å². The predicted octanol–water partition coefficient (Wildman–Crippen LogP) is 15.4.